The first-order valence-corrected chi connectivity index (χ1v) is 8.58. The number of H-pyrrole nitrogens is 1. The summed E-state index contributed by atoms with van der Waals surface area (Å²) in [6.07, 6.45) is 8.33. The standard InChI is InChI=1S/C18H20N4O3/c1-2-24-18(23)16-14(11-22(21-16)15-5-3-4-10-25-15)12-6-8-19-17-13(12)7-9-20-17/h6-9,11,15H,2-5,10H2,1H3,(H,19,20). The molecule has 0 spiro atoms. The van der Waals surface area contributed by atoms with Crippen molar-refractivity contribution in [3.63, 3.8) is 0 Å². The fourth-order valence-corrected chi connectivity index (χ4v) is 3.21. The molecule has 1 aliphatic heterocycles. The predicted molar refractivity (Wildman–Crippen MR) is 92.1 cm³/mol. The summed E-state index contributed by atoms with van der Waals surface area (Å²) < 4.78 is 12.8. The van der Waals surface area contributed by atoms with Crippen molar-refractivity contribution >= 4 is 17.0 Å². The number of esters is 1. The molecule has 25 heavy (non-hydrogen) atoms. The van der Waals surface area contributed by atoms with Crippen molar-refractivity contribution in [2.45, 2.75) is 32.4 Å². The highest BCUT2D eigenvalue weighted by atomic mass is 16.5. The van der Waals surface area contributed by atoms with E-state index in [1.165, 1.54) is 0 Å². The summed E-state index contributed by atoms with van der Waals surface area (Å²) in [5.41, 5.74) is 2.72. The average Bonchev–Trinajstić information content (AvgIpc) is 3.29. The van der Waals surface area contributed by atoms with Crippen molar-refractivity contribution in [1.82, 2.24) is 19.7 Å². The second-order valence-corrected chi connectivity index (χ2v) is 6.01. The Morgan fingerprint density at radius 1 is 1.40 bits per heavy atom. The van der Waals surface area contributed by atoms with E-state index in [1.807, 2.05) is 24.5 Å². The molecule has 0 aliphatic carbocycles. The van der Waals surface area contributed by atoms with Crippen molar-refractivity contribution in [2.24, 2.45) is 0 Å². The van der Waals surface area contributed by atoms with Crippen LogP contribution in [-0.4, -0.2) is 38.9 Å². The van der Waals surface area contributed by atoms with Gasteiger partial charge in [0.2, 0.25) is 0 Å². The van der Waals surface area contributed by atoms with Crippen LogP contribution >= 0.6 is 0 Å². The van der Waals surface area contributed by atoms with Crippen LogP contribution in [0.3, 0.4) is 0 Å². The smallest absolute Gasteiger partial charge is 0.359 e. The van der Waals surface area contributed by atoms with Crippen LogP contribution in [0.25, 0.3) is 22.2 Å². The maximum atomic E-state index is 12.4. The van der Waals surface area contributed by atoms with Crippen LogP contribution in [0, 0.1) is 0 Å². The molecule has 1 saturated heterocycles. The van der Waals surface area contributed by atoms with Gasteiger partial charge in [0.25, 0.3) is 0 Å². The van der Waals surface area contributed by atoms with Crippen LogP contribution in [-0.2, 0) is 9.47 Å². The largest absolute Gasteiger partial charge is 0.461 e. The normalized spacial score (nSPS) is 17.7. The van der Waals surface area contributed by atoms with E-state index in [2.05, 4.69) is 15.1 Å². The summed E-state index contributed by atoms with van der Waals surface area (Å²) in [5, 5.41) is 5.45. The highest BCUT2D eigenvalue weighted by molar-refractivity contribution is 6.01. The molecule has 7 nitrogen and oxygen atoms in total. The molecular formula is C18H20N4O3. The zero-order valence-electron chi connectivity index (χ0n) is 14.1. The van der Waals surface area contributed by atoms with E-state index < -0.39 is 5.97 Å². The van der Waals surface area contributed by atoms with Crippen LogP contribution < -0.4 is 0 Å². The number of hydrogen-bond donors (Lipinski definition) is 1. The van der Waals surface area contributed by atoms with Gasteiger partial charge in [0, 0.05) is 36.1 Å². The number of nitrogens with one attached hydrogen (secondary N) is 1. The molecule has 0 aromatic carbocycles. The van der Waals surface area contributed by atoms with Crippen molar-refractivity contribution in [1.29, 1.82) is 0 Å². The second-order valence-electron chi connectivity index (χ2n) is 6.01. The molecular weight excluding hydrogens is 320 g/mol. The van der Waals surface area contributed by atoms with E-state index in [1.54, 1.807) is 17.8 Å². The number of aromatic nitrogens is 4. The molecule has 0 amide bonds. The predicted octanol–water partition coefficient (Wildman–Crippen LogP) is 3.30. The molecule has 1 atom stereocenters. The number of fused-ring (bicyclic) bond motifs is 1. The quantitative estimate of drug-likeness (QED) is 0.737. The molecule has 3 aromatic rings. The van der Waals surface area contributed by atoms with Gasteiger partial charge in [0.1, 0.15) is 11.9 Å². The summed E-state index contributed by atoms with van der Waals surface area (Å²) in [4.78, 5) is 19.9. The molecule has 130 valence electrons. The van der Waals surface area contributed by atoms with Gasteiger partial charge in [0.05, 0.1) is 6.61 Å². The van der Waals surface area contributed by atoms with Crippen molar-refractivity contribution in [2.75, 3.05) is 13.2 Å². The number of nitrogens with zero attached hydrogens (tertiary/aromatic N) is 3. The van der Waals surface area contributed by atoms with Crippen molar-refractivity contribution in [3.8, 4) is 11.1 Å². The third kappa shape index (κ3) is 2.91. The van der Waals surface area contributed by atoms with Crippen LogP contribution in [0.1, 0.15) is 42.9 Å². The molecule has 3 aromatic heterocycles. The van der Waals surface area contributed by atoms with Crippen molar-refractivity contribution < 1.29 is 14.3 Å². The van der Waals surface area contributed by atoms with Gasteiger partial charge in [0.15, 0.2) is 5.69 Å². The van der Waals surface area contributed by atoms with Gasteiger partial charge in [-0.1, -0.05) is 0 Å². The zero-order chi connectivity index (χ0) is 17.2. The topological polar surface area (TPSA) is 82.0 Å². The van der Waals surface area contributed by atoms with Crippen LogP contribution in [0.4, 0.5) is 0 Å². The first-order valence-electron chi connectivity index (χ1n) is 8.58. The van der Waals surface area contributed by atoms with Crippen LogP contribution in [0.2, 0.25) is 0 Å². The first kappa shape index (κ1) is 15.8. The lowest BCUT2D eigenvalue weighted by atomic mass is 10.0. The van der Waals surface area contributed by atoms with E-state index in [4.69, 9.17) is 9.47 Å². The Bertz CT molecular complexity index is 893. The maximum absolute atomic E-state index is 12.4. The lowest BCUT2D eigenvalue weighted by molar-refractivity contribution is -0.0396. The number of rotatable bonds is 4. The van der Waals surface area contributed by atoms with E-state index in [0.29, 0.717) is 18.9 Å². The average molecular weight is 340 g/mol. The summed E-state index contributed by atoms with van der Waals surface area (Å²) in [6.45, 7) is 2.81. The molecule has 4 rings (SSSR count). The fraction of sp³-hybridized carbons (Fsp3) is 0.389. The van der Waals surface area contributed by atoms with E-state index in [0.717, 1.165) is 41.4 Å². The van der Waals surface area contributed by atoms with Crippen LogP contribution in [0.5, 0.6) is 0 Å². The summed E-state index contributed by atoms with van der Waals surface area (Å²) in [6, 6.07) is 3.84. The van der Waals surface area contributed by atoms with E-state index in [-0.39, 0.29) is 6.23 Å². The zero-order valence-corrected chi connectivity index (χ0v) is 14.1. The van der Waals surface area contributed by atoms with Gasteiger partial charge < -0.3 is 14.5 Å². The Morgan fingerprint density at radius 3 is 3.12 bits per heavy atom. The Hall–Kier alpha value is -2.67. The molecule has 1 N–H and O–H groups in total. The van der Waals surface area contributed by atoms with Gasteiger partial charge in [-0.2, -0.15) is 5.10 Å². The number of carbonyl (C=O) groups excluding carboxylic acids is 1. The molecule has 1 unspecified atom stereocenters. The molecule has 0 radical (unpaired) electrons. The fourth-order valence-electron chi connectivity index (χ4n) is 3.21. The van der Waals surface area contributed by atoms with Gasteiger partial charge in [-0.05, 0) is 43.9 Å². The number of carbonyl (C=O) groups is 1. The van der Waals surface area contributed by atoms with E-state index >= 15 is 0 Å². The molecule has 1 aliphatic rings. The number of ether oxygens (including phenoxy) is 2. The summed E-state index contributed by atoms with van der Waals surface area (Å²) >= 11 is 0. The minimum Gasteiger partial charge on any atom is -0.461 e. The minimum absolute atomic E-state index is 0.140. The Labute approximate surface area is 145 Å². The SMILES string of the molecule is CCOC(=O)c1nn(C2CCCCO2)cc1-c1ccnc2[nH]ccc12. The highest BCUT2D eigenvalue weighted by Crippen LogP contribution is 2.32. The third-order valence-electron chi connectivity index (χ3n) is 4.40. The van der Waals surface area contributed by atoms with E-state index in [9.17, 15) is 4.79 Å². The van der Waals surface area contributed by atoms with Crippen LogP contribution in [0.15, 0.2) is 30.7 Å². The molecule has 0 saturated carbocycles. The maximum Gasteiger partial charge on any atom is 0.359 e. The van der Waals surface area contributed by atoms with Gasteiger partial charge in [-0.25, -0.2) is 14.5 Å². The Balaban J connectivity index is 1.83. The molecule has 1 fully saturated rings. The molecule has 7 heteroatoms. The highest BCUT2D eigenvalue weighted by Gasteiger charge is 2.25. The Morgan fingerprint density at radius 2 is 2.32 bits per heavy atom. The first-order chi connectivity index (χ1) is 12.3. The number of hydrogen-bond acceptors (Lipinski definition) is 5. The minimum atomic E-state index is -0.424. The molecule has 0 bridgehead atoms. The number of pyridine rings is 1. The monoisotopic (exact) mass is 340 g/mol. The van der Waals surface area contributed by atoms with Crippen molar-refractivity contribution in [3.05, 3.63) is 36.4 Å². The van der Waals surface area contributed by atoms with Gasteiger partial charge in [-0.3, -0.25) is 0 Å². The van der Waals surface area contributed by atoms with Gasteiger partial charge >= 0.3 is 5.97 Å². The van der Waals surface area contributed by atoms with Gasteiger partial charge in [-0.15, -0.1) is 0 Å². The second kappa shape index (κ2) is 6.68. The summed E-state index contributed by atoms with van der Waals surface area (Å²) in [5.74, 6) is -0.424. The Kier molecular flexibility index (Phi) is 4.23. The third-order valence-corrected chi connectivity index (χ3v) is 4.40. The lowest BCUT2D eigenvalue weighted by Crippen LogP contribution is -2.19. The summed E-state index contributed by atoms with van der Waals surface area (Å²) in [7, 11) is 0. The molecule has 4 heterocycles. The lowest BCUT2D eigenvalue weighted by Gasteiger charge is -2.22. The number of aromatic amines is 1.